The van der Waals surface area contributed by atoms with Crippen LogP contribution in [0.25, 0.3) is 21.5 Å². The van der Waals surface area contributed by atoms with Crippen LogP contribution in [-0.2, 0) is 46.0 Å². The molecule has 6 rings (SSSR count). The van der Waals surface area contributed by atoms with Gasteiger partial charge in [0.2, 0.25) is 0 Å². The Bertz CT molecular complexity index is 2200. The Morgan fingerprint density at radius 3 is 1.48 bits per heavy atom. The maximum absolute atomic E-state index is 11.9. The van der Waals surface area contributed by atoms with Crippen molar-refractivity contribution in [3.8, 4) is 34.5 Å². The maximum atomic E-state index is 11.9. The van der Waals surface area contributed by atoms with Gasteiger partial charge in [-0.1, -0.05) is 51.3 Å². The summed E-state index contributed by atoms with van der Waals surface area (Å²) in [6.07, 6.45) is 0. The molecule has 6 aromatic rings. The van der Waals surface area contributed by atoms with E-state index >= 15 is 0 Å². The Morgan fingerprint density at radius 1 is 0.611 bits per heavy atom. The van der Waals surface area contributed by atoms with Crippen LogP contribution in [0.5, 0.6) is 34.5 Å². The molecule has 0 saturated carbocycles. The van der Waals surface area contributed by atoms with Crippen LogP contribution in [0, 0.1) is 14.4 Å². The molecule has 0 aliphatic heterocycles. The van der Waals surface area contributed by atoms with Crippen molar-refractivity contribution >= 4 is 39.5 Å². The standard InChI is InChI=1S/C20H17NO6.C18H15NO4.2CH4.CH3.Pd/c1-12(22)26-11-17-16-10-14(27-13-6-4-3-5-7-13)8-9-15(16)19(23)18(21-17)20(24)25-2;1-11-15-10-13(23-12-6-4-3-5-7-12)8-9-14(15)17(20)16(19-11)18(21)22-2;;;;/h3-10,23H,11H2,1-2H3;3-10,20H,1-2H3;2*1H4;1H3;/q;;;;-1;. The SMILES string of the molecule is C.C.COC(=O)c1nc(C)c2cc(Oc3ccccc3)ccc2c1O.COC(=O)c1nc(COC(C)=O)c2cc(Oc3ccccc3)ccc2c1O.[CH3-].[Pd]. The number of ether oxygens (including phenoxy) is 5. The molecule has 54 heavy (non-hydrogen) atoms. The number of aryl methyl sites for hydroxylation is 1. The van der Waals surface area contributed by atoms with E-state index in [9.17, 15) is 24.6 Å². The number of aromatic hydroxyl groups is 2. The summed E-state index contributed by atoms with van der Waals surface area (Å²) in [6, 6.07) is 28.7. The number of esters is 3. The van der Waals surface area contributed by atoms with Gasteiger partial charge in [0.15, 0.2) is 22.9 Å². The molecule has 4 aromatic carbocycles. The van der Waals surface area contributed by atoms with Gasteiger partial charge in [-0.25, -0.2) is 19.6 Å². The number of aromatic nitrogens is 2. The van der Waals surface area contributed by atoms with Crippen molar-refractivity contribution in [3.05, 3.63) is 127 Å². The molecule has 2 heterocycles. The molecule has 0 aliphatic rings. The van der Waals surface area contributed by atoms with Gasteiger partial charge in [0.1, 0.15) is 29.6 Å². The summed E-state index contributed by atoms with van der Waals surface area (Å²) < 4.78 is 25.9. The zero-order valence-corrected chi connectivity index (χ0v) is 30.4. The number of hydrogen-bond donors (Lipinski definition) is 2. The average Bonchev–Trinajstić information content (AvgIpc) is 3.13. The van der Waals surface area contributed by atoms with E-state index in [0.717, 1.165) is 0 Å². The molecule has 2 aromatic heterocycles. The fourth-order valence-electron chi connectivity index (χ4n) is 4.92. The third kappa shape index (κ3) is 10.8. The van der Waals surface area contributed by atoms with E-state index in [0.29, 0.717) is 55.9 Å². The normalized spacial score (nSPS) is 9.70. The third-order valence-electron chi connectivity index (χ3n) is 7.30. The molecule has 0 atom stereocenters. The summed E-state index contributed by atoms with van der Waals surface area (Å²) in [7, 11) is 2.44. The number of carbonyl (C=O) groups excluding carboxylic acids is 3. The van der Waals surface area contributed by atoms with E-state index in [2.05, 4.69) is 19.4 Å². The second kappa shape index (κ2) is 20.9. The number of methoxy groups -OCH3 is 2. The fourth-order valence-corrected chi connectivity index (χ4v) is 4.92. The number of benzene rings is 4. The van der Waals surface area contributed by atoms with E-state index < -0.39 is 17.9 Å². The van der Waals surface area contributed by atoms with Gasteiger partial charge in [0.05, 0.1) is 19.9 Å². The van der Waals surface area contributed by atoms with Gasteiger partial charge in [-0.05, 0) is 67.6 Å². The minimum absolute atomic E-state index is 0. The van der Waals surface area contributed by atoms with E-state index in [1.54, 1.807) is 55.5 Å². The first-order valence-electron chi connectivity index (χ1n) is 15.1. The number of para-hydroxylation sites is 2. The summed E-state index contributed by atoms with van der Waals surface area (Å²) in [5, 5.41) is 22.8. The predicted octanol–water partition coefficient (Wildman–Crippen LogP) is 9.13. The van der Waals surface area contributed by atoms with Crippen LogP contribution in [0.1, 0.15) is 54.1 Å². The molecule has 288 valence electrons. The van der Waals surface area contributed by atoms with E-state index in [1.807, 2.05) is 48.5 Å². The summed E-state index contributed by atoms with van der Waals surface area (Å²) in [4.78, 5) is 43.0. The first-order chi connectivity index (χ1) is 24.1. The van der Waals surface area contributed by atoms with Gasteiger partial charge in [-0.3, -0.25) is 4.79 Å². The summed E-state index contributed by atoms with van der Waals surface area (Å²) in [5.74, 6) is 0.0335. The Labute approximate surface area is 328 Å². The molecule has 12 nitrogen and oxygen atoms in total. The molecule has 0 bridgehead atoms. The van der Waals surface area contributed by atoms with E-state index in [1.165, 1.54) is 21.1 Å². The Balaban J connectivity index is 0.000000508. The van der Waals surface area contributed by atoms with Crippen LogP contribution in [0.2, 0.25) is 0 Å². The molecule has 0 amide bonds. The third-order valence-corrected chi connectivity index (χ3v) is 7.30. The number of carbonyl (C=O) groups is 3. The van der Waals surface area contributed by atoms with Crippen molar-refractivity contribution in [2.24, 2.45) is 0 Å². The largest absolute Gasteiger partial charge is 0.505 e. The molecule has 2 N–H and O–H groups in total. The van der Waals surface area contributed by atoms with Gasteiger partial charge < -0.3 is 41.3 Å². The second-order valence-corrected chi connectivity index (χ2v) is 10.7. The molecular weight excluding hydrogens is 787 g/mol. The molecule has 0 spiro atoms. The van der Waals surface area contributed by atoms with Crippen LogP contribution in [0.4, 0.5) is 0 Å². The van der Waals surface area contributed by atoms with Crippen molar-refractivity contribution in [3.63, 3.8) is 0 Å². The van der Waals surface area contributed by atoms with Crippen molar-refractivity contribution < 1.29 is 68.7 Å². The van der Waals surface area contributed by atoms with Gasteiger partial charge >= 0.3 is 17.9 Å². The minimum atomic E-state index is -0.789. The molecule has 0 aliphatic carbocycles. The first kappa shape index (κ1) is 46.0. The zero-order valence-electron chi connectivity index (χ0n) is 28.8. The van der Waals surface area contributed by atoms with E-state index in [4.69, 9.17) is 14.2 Å². The van der Waals surface area contributed by atoms with Crippen LogP contribution < -0.4 is 9.47 Å². The molecule has 13 heteroatoms. The fraction of sp³-hybridized carbons (Fsp3) is 0.171. The molecule has 0 saturated heterocycles. The maximum Gasteiger partial charge on any atom is 0.360 e. The summed E-state index contributed by atoms with van der Waals surface area (Å²) in [5.41, 5.74) is 0.576. The number of rotatable bonds is 8. The number of pyridine rings is 2. The number of fused-ring (bicyclic) bond motifs is 2. The molecular formula is C41H43N2O10Pd-. The summed E-state index contributed by atoms with van der Waals surface area (Å²) in [6.45, 7) is 2.87. The number of hydrogen-bond acceptors (Lipinski definition) is 12. The zero-order chi connectivity index (χ0) is 35.8. The number of nitrogens with zero attached hydrogens (tertiary/aromatic N) is 2. The molecule has 0 radical (unpaired) electrons. The monoisotopic (exact) mass is 829 g/mol. The van der Waals surface area contributed by atoms with Crippen molar-refractivity contribution in [2.75, 3.05) is 14.2 Å². The molecule has 0 fully saturated rings. The van der Waals surface area contributed by atoms with Crippen LogP contribution >= 0.6 is 0 Å². The average molecular weight is 830 g/mol. The Hall–Kier alpha value is -6.03. The topological polar surface area (TPSA) is 164 Å². The summed E-state index contributed by atoms with van der Waals surface area (Å²) >= 11 is 0. The van der Waals surface area contributed by atoms with E-state index in [-0.39, 0.29) is 72.2 Å². The Kier molecular flexibility index (Phi) is 17.8. The quantitative estimate of drug-likeness (QED) is 0.0648. The first-order valence-corrected chi connectivity index (χ1v) is 15.1. The minimum Gasteiger partial charge on any atom is -0.505 e. The molecule has 0 unspecified atom stereocenters. The van der Waals surface area contributed by atoms with Crippen molar-refractivity contribution in [1.29, 1.82) is 0 Å². The van der Waals surface area contributed by atoms with Crippen molar-refractivity contribution in [1.82, 2.24) is 9.97 Å². The predicted molar refractivity (Wildman–Crippen MR) is 203 cm³/mol. The second-order valence-electron chi connectivity index (χ2n) is 10.7. The van der Waals surface area contributed by atoms with Gasteiger partial charge in [-0.15, -0.1) is 0 Å². The van der Waals surface area contributed by atoms with Gasteiger partial charge in [-0.2, -0.15) is 0 Å². The van der Waals surface area contributed by atoms with Crippen LogP contribution in [0.3, 0.4) is 0 Å². The van der Waals surface area contributed by atoms with Crippen LogP contribution in [0.15, 0.2) is 97.1 Å². The van der Waals surface area contributed by atoms with Crippen LogP contribution in [-0.4, -0.2) is 52.3 Å². The Morgan fingerprint density at radius 2 is 1.04 bits per heavy atom. The van der Waals surface area contributed by atoms with Crippen molar-refractivity contribution in [2.45, 2.75) is 35.3 Å². The van der Waals surface area contributed by atoms with Gasteiger partial charge in [0.25, 0.3) is 0 Å². The van der Waals surface area contributed by atoms with Gasteiger partial charge in [0, 0.05) is 54.6 Å². The smallest absolute Gasteiger partial charge is 0.360 e.